The summed E-state index contributed by atoms with van der Waals surface area (Å²) >= 11 is 0. The number of nitrogens with one attached hydrogen (secondary N) is 1. The molecule has 0 radical (unpaired) electrons. The second kappa shape index (κ2) is 2.81. The number of aliphatic hydroxyl groups is 1. The molecule has 3 heteroatoms. The van der Waals surface area contributed by atoms with Crippen LogP contribution in [0.5, 0.6) is 0 Å². The van der Waals surface area contributed by atoms with Crippen LogP contribution in [0.1, 0.15) is 0 Å². The highest BCUT2D eigenvalue weighted by atomic mass is 16.3. The van der Waals surface area contributed by atoms with Crippen LogP contribution >= 0.6 is 0 Å². The Morgan fingerprint density at radius 2 is 2.50 bits per heavy atom. The Labute approximate surface area is 36.0 Å². The van der Waals surface area contributed by atoms with E-state index >= 15 is 0 Å². The van der Waals surface area contributed by atoms with Crippen molar-refractivity contribution in [2.75, 3.05) is 7.05 Å². The largest absolute Gasteiger partial charge is 0.372 e. The van der Waals surface area contributed by atoms with E-state index in [1.165, 1.54) is 7.05 Å². The molecule has 0 rings (SSSR count). The van der Waals surface area contributed by atoms with E-state index in [1.807, 2.05) is 0 Å². The van der Waals surface area contributed by atoms with Crippen molar-refractivity contribution in [1.29, 1.82) is 0 Å². The fourth-order valence-electron chi connectivity index (χ4n) is 0.0680. The normalized spacial score (nSPS) is 13.7. The van der Waals surface area contributed by atoms with Crippen LogP contribution in [0.25, 0.3) is 0 Å². The van der Waals surface area contributed by atoms with Gasteiger partial charge in [0.1, 0.15) is 0 Å². The van der Waals surface area contributed by atoms with E-state index in [9.17, 15) is 4.79 Å². The third-order valence-electron chi connectivity index (χ3n) is 0.425. The second-order valence-electron chi connectivity index (χ2n) is 0.870. The Balaban J connectivity index is 2.96. The first-order valence-corrected chi connectivity index (χ1v) is 1.62. The lowest BCUT2D eigenvalue weighted by atomic mass is 10.7. The van der Waals surface area contributed by atoms with E-state index in [0.29, 0.717) is 6.29 Å². The molecule has 0 heterocycles. The molecule has 36 valence electrons. The number of aliphatic hydroxyl groups excluding tert-OH is 1. The molecule has 3 nitrogen and oxygen atoms in total. The molecule has 0 fully saturated rings. The summed E-state index contributed by atoms with van der Waals surface area (Å²) < 4.78 is 0. The Bertz CT molecular complexity index is 46.1. The molecule has 1 atom stereocenters. The number of likely N-dealkylation sites (N-methyl/N-ethyl adjacent to an activating group) is 1. The lowest BCUT2D eigenvalue weighted by Gasteiger charge is -1.93. The van der Waals surface area contributed by atoms with Gasteiger partial charge in [0, 0.05) is 0 Å². The molecule has 0 unspecified atom stereocenters. The van der Waals surface area contributed by atoms with Gasteiger partial charge in [-0.25, -0.2) is 0 Å². The quantitative estimate of drug-likeness (QED) is 0.327. The van der Waals surface area contributed by atoms with Crippen LogP contribution in [0.15, 0.2) is 0 Å². The number of carbonyl (C=O) groups excluding carboxylic acids is 1. The standard InChI is InChI=1S/C3H7NO2/c1-4-3(6)2-5/h2-4,6H,1H3/t3-/m0/s1. The molecular formula is C3H7NO2. The van der Waals surface area contributed by atoms with Gasteiger partial charge < -0.3 is 5.11 Å². The monoisotopic (exact) mass is 89.0 g/mol. The van der Waals surface area contributed by atoms with Gasteiger partial charge in [-0.05, 0) is 7.05 Å². The van der Waals surface area contributed by atoms with Crippen molar-refractivity contribution in [3.63, 3.8) is 0 Å². The van der Waals surface area contributed by atoms with Crippen molar-refractivity contribution in [3.8, 4) is 0 Å². The summed E-state index contributed by atoms with van der Waals surface area (Å²) in [5.74, 6) is 0. The smallest absolute Gasteiger partial charge is 0.163 e. The topological polar surface area (TPSA) is 49.3 Å². The first-order chi connectivity index (χ1) is 2.81. The maximum atomic E-state index is 9.42. The lowest BCUT2D eigenvalue weighted by molar-refractivity contribution is -0.115. The summed E-state index contributed by atoms with van der Waals surface area (Å²) in [6.07, 6.45) is -0.579. The van der Waals surface area contributed by atoms with Crippen LogP contribution in [-0.2, 0) is 4.79 Å². The molecular weight excluding hydrogens is 82.0 g/mol. The molecule has 0 spiro atoms. The Kier molecular flexibility index (Phi) is 2.62. The van der Waals surface area contributed by atoms with Crippen LogP contribution in [0.3, 0.4) is 0 Å². The third-order valence-corrected chi connectivity index (χ3v) is 0.425. The van der Waals surface area contributed by atoms with E-state index in [1.54, 1.807) is 0 Å². The lowest BCUT2D eigenvalue weighted by Crippen LogP contribution is -2.25. The molecule has 0 saturated heterocycles. The molecule has 6 heavy (non-hydrogen) atoms. The van der Waals surface area contributed by atoms with Crippen molar-refractivity contribution in [2.45, 2.75) is 6.23 Å². The zero-order chi connectivity index (χ0) is 4.99. The number of hydrogen-bond acceptors (Lipinski definition) is 3. The number of aldehydes is 1. The fraction of sp³-hybridized carbons (Fsp3) is 0.667. The summed E-state index contributed by atoms with van der Waals surface area (Å²) in [5, 5.41) is 10.5. The maximum absolute atomic E-state index is 9.42. The second-order valence-corrected chi connectivity index (χ2v) is 0.870. The number of hydrogen-bond donors (Lipinski definition) is 2. The van der Waals surface area contributed by atoms with Gasteiger partial charge in [0.15, 0.2) is 12.5 Å². The first-order valence-electron chi connectivity index (χ1n) is 1.62. The Hall–Kier alpha value is -0.410. The third kappa shape index (κ3) is 1.87. The zero-order valence-corrected chi connectivity index (χ0v) is 3.51. The highest BCUT2D eigenvalue weighted by molar-refractivity contribution is 5.54. The maximum Gasteiger partial charge on any atom is 0.163 e. The van der Waals surface area contributed by atoms with Gasteiger partial charge in [-0.15, -0.1) is 0 Å². The molecule has 0 aromatic rings. The summed E-state index contributed by atoms with van der Waals surface area (Å²) in [6.45, 7) is 0. The van der Waals surface area contributed by atoms with Gasteiger partial charge in [-0.1, -0.05) is 0 Å². The predicted molar refractivity (Wildman–Crippen MR) is 21.1 cm³/mol. The Morgan fingerprint density at radius 1 is 2.00 bits per heavy atom. The minimum atomic E-state index is -0.995. The first kappa shape index (κ1) is 5.59. The summed E-state index contributed by atoms with van der Waals surface area (Å²) in [4.78, 5) is 9.42. The molecule has 0 bridgehead atoms. The molecule has 0 aliphatic carbocycles. The average Bonchev–Trinajstić information content (AvgIpc) is 1.65. The van der Waals surface area contributed by atoms with E-state index in [4.69, 9.17) is 5.11 Å². The van der Waals surface area contributed by atoms with Crippen molar-refractivity contribution in [2.24, 2.45) is 0 Å². The van der Waals surface area contributed by atoms with Gasteiger partial charge in [0.25, 0.3) is 0 Å². The fourth-order valence-corrected chi connectivity index (χ4v) is 0.0680. The summed E-state index contributed by atoms with van der Waals surface area (Å²) in [6, 6.07) is 0. The van der Waals surface area contributed by atoms with E-state index in [-0.39, 0.29) is 0 Å². The highest BCUT2D eigenvalue weighted by Crippen LogP contribution is 1.57. The van der Waals surface area contributed by atoms with Gasteiger partial charge in [0.2, 0.25) is 0 Å². The minimum Gasteiger partial charge on any atom is -0.372 e. The SMILES string of the molecule is CN[C@@H](O)C=O. The van der Waals surface area contributed by atoms with Crippen LogP contribution < -0.4 is 5.32 Å². The van der Waals surface area contributed by atoms with Crippen LogP contribution in [0.2, 0.25) is 0 Å². The number of rotatable bonds is 2. The highest BCUT2D eigenvalue weighted by Gasteiger charge is 1.88. The molecule has 0 amide bonds. The van der Waals surface area contributed by atoms with Gasteiger partial charge in [-0.2, -0.15) is 0 Å². The van der Waals surface area contributed by atoms with E-state index < -0.39 is 6.23 Å². The number of carbonyl (C=O) groups is 1. The molecule has 0 aromatic carbocycles. The van der Waals surface area contributed by atoms with E-state index in [0.717, 1.165) is 0 Å². The van der Waals surface area contributed by atoms with Crippen LogP contribution in [0, 0.1) is 0 Å². The van der Waals surface area contributed by atoms with Crippen molar-refractivity contribution in [1.82, 2.24) is 5.32 Å². The van der Waals surface area contributed by atoms with Crippen molar-refractivity contribution in [3.05, 3.63) is 0 Å². The van der Waals surface area contributed by atoms with Gasteiger partial charge >= 0.3 is 0 Å². The van der Waals surface area contributed by atoms with Crippen molar-refractivity contribution >= 4 is 6.29 Å². The van der Waals surface area contributed by atoms with Gasteiger partial charge in [-0.3, -0.25) is 10.1 Å². The zero-order valence-electron chi connectivity index (χ0n) is 3.51. The van der Waals surface area contributed by atoms with Crippen LogP contribution in [0.4, 0.5) is 0 Å². The summed E-state index contributed by atoms with van der Waals surface area (Å²) in [7, 11) is 1.50. The van der Waals surface area contributed by atoms with Gasteiger partial charge in [0.05, 0.1) is 0 Å². The molecule has 0 aliphatic rings. The molecule has 0 aliphatic heterocycles. The van der Waals surface area contributed by atoms with Crippen LogP contribution in [-0.4, -0.2) is 24.7 Å². The van der Waals surface area contributed by atoms with E-state index in [2.05, 4.69) is 5.32 Å². The molecule has 2 N–H and O–H groups in total. The Morgan fingerprint density at radius 3 is 2.50 bits per heavy atom. The average molecular weight is 89.1 g/mol. The molecule has 0 aromatic heterocycles. The minimum absolute atomic E-state index is 0.417. The predicted octanol–water partition coefficient (Wildman–Crippen LogP) is -1.28. The molecule has 0 saturated carbocycles. The summed E-state index contributed by atoms with van der Waals surface area (Å²) in [5.41, 5.74) is 0. The van der Waals surface area contributed by atoms with Crippen molar-refractivity contribution < 1.29 is 9.90 Å².